The van der Waals surface area contributed by atoms with Crippen LogP contribution in [-0.2, 0) is 6.42 Å². The minimum Gasteiger partial charge on any atom is -0.271 e. The number of nitrogens with one attached hydrogen (secondary N) is 1. The highest BCUT2D eigenvalue weighted by molar-refractivity contribution is 6.30. The first kappa shape index (κ1) is 14.9. The van der Waals surface area contributed by atoms with Crippen molar-refractivity contribution < 1.29 is 8.78 Å². The van der Waals surface area contributed by atoms with Gasteiger partial charge < -0.3 is 0 Å². The Bertz CT molecular complexity index is 617. The lowest BCUT2D eigenvalue weighted by Crippen LogP contribution is -2.30. The van der Waals surface area contributed by atoms with Gasteiger partial charge in [0.2, 0.25) is 0 Å². The van der Waals surface area contributed by atoms with Gasteiger partial charge in [-0.3, -0.25) is 11.3 Å². The number of hydrogen-bond acceptors (Lipinski definition) is 2. The maximum absolute atomic E-state index is 13.2. The van der Waals surface area contributed by atoms with Crippen molar-refractivity contribution >= 4 is 11.6 Å². The summed E-state index contributed by atoms with van der Waals surface area (Å²) >= 11 is 5.92. The van der Waals surface area contributed by atoms with Gasteiger partial charge in [-0.2, -0.15) is 0 Å². The molecule has 0 saturated carbocycles. The van der Waals surface area contributed by atoms with Gasteiger partial charge in [0.05, 0.1) is 6.04 Å². The van der Waals surface area contributed by atoms with E-state index in [9.17, 15) is 8.78 Å². The van der Waals surface area contributed by atoms with Crippen LogP contribution in [-0.4, -0.2) is 0 Å². The molecule has 0 aliphatic rings. The number of benzene rings is 2. The standard InChI is InChI=1S/C15H15ClF2N2/c1-9-6-11(16)3-4-12(9)15(20-19)8-10-2-5-13(17)14(18)7-10/h2-7,15,20H,8,19H2,1H3. The Morgan fingerprint density at radius 2 is 1.90 bits per heavy atom. The zero-order valence-corrected chi connectivity index (χ0v) is 11.7. The zero-order valence-electron chi connectivity index (χ0n) is 11.0. The molecule has 0 radical (unpaired) electrons. The fourth-order valence-electron chi connectivity index (χ4n) is 2.19. The normalized spacial score (nSPS) is 12.4. The van der Waals surface area contributed by atoms with Gasteiger partial charge in [-0.15, -0.1) is 0 Å². The van der Waals surface area contributed by atoms with Gasteiger partial charge in [0.1, 0.15) is 0 Å². The van der Waals surface area contributed by atoms with E-state index in [0.717, 1.165) is 17.2 Å². The van der Waals surface area contributed by atoms with Gasteiger partial charge in [-0.05, 0) is 54.3 Å². The first-order valence-electron chi connectivity index (χ1n) is 6.17. The summed E-state index contributed by atoms with van der Waals surface area (Å²) < 4.78 is 26.1. The van der Waals surface area contributed by atoms with Gasteiger partial charge in [-0.1, -0.05) is 23.7 Å². The first-order valence-corrected chi connectivity index (χ1v) is 6.55. The lowest BCUT2D eigenvalue weighted by molar-refractivity contribution is 0.502. The quantitative estimate of drug-likeness (QED) is 0.667. The molecule has 0 spiro atoms. The van der Waals surface area contributed by atoms with E-state index in [1.807, 2.05) is 19.1 Å². The van der Waals surface area contributed by atoms with Crippen molar-refractivity contribution in [2.45, 2.75) is 19.4 Å². The SMILES string of the molecule is Cc1cc(Cl)ccc1C(Cc1ccc(F)c(F)c1)NN. The molecule has 2 rings (SSSR count). The Balaban J connectivity index is 2.26. The molecule has 3 N–H and O–H groups in total. The van der Waals surface area contributed by atoms with E-state index in [2.05, 4.69) is 5.43 Å². The predicted octanol–water partition coefficient (Wildman–Crippen LogP) is 3.67. The zero-order chi connectivity index (χ0) is 14.7. The Morgan fingerprint density at radius 3 is 2.50 bits per heavy atom. The number of hydrogen-bond donors (Lipinski definition) is 2. The molecule has 0 saturated heterocycles. The van der Waals surface area contributed by atoms with Crippen LogP contribution in [0.15, 0.2) is 36.4 Å². The molecule has 5 heteroatoms. The van der Waals surface area contributed by atoms with Crippen LogP contribution in [0.25, 0.3) is 0 Å². The summed E-state index contributed by atoms with van der Waals surface area (Å²) in [4.78, 5) is 0. The summed E-state index contributed by atoms with van der Waals surface area (Å²) in [6, 6.07) is 9.15. The molecule has 0 aliphatic carbocycles. The Kier molecular flexibility index (Phi) is 4.70. The molecule has 0 bridgehead atoms. The van der Waals surface area contributed by atoms with Gasteiger partial charge in [-0.25, -0.2) is 8.78 Å². The summed E-state index contributed by atoms with van der Waals surface area (Å²) in [5.41, 5.74) is 5.33. The van der Waals surface area contributed by atoms with Crippen LogP contribution in [0, 0.1) is 18.6 Å². The number of hydrazine groups is 1. The molecular weight excluding hydrogens is 282 g/mol. The highest BCUT2D eigenvalue weighted by Crippen LogP contribution is 2.24. The van der Waals surface area contributed by atoms with Crippen LogP contribution in [0.1, 0.15) is 22.7 Å². The van der Waals surface area contributed by atoms with Crippen molar-refractivity contribution in [2.24, 2.45) is 5.84 Å². The smallest absolute Gasteiger partial charge is 0.159 e. The molecule has 1 unspecified atom stereocenters. The largest absolute Gasteiger partial charge is 0.271 e. The number of rotatable bonds is 4. The monoisotopic (exact) mass is 296 g/mol. The van der Waals surface area contributed by atoms with E-state index in [4.69, 9.17) is 17.4 Å². The molecular formula is C15H15ClF2N2. The number of halogens is 3. The third-order valence-electron chi connectivity index (χ3n) is 3.23. The fourth-order valence-corrected chi connectivity index (χ4v) is 2.42. The highest BCUT2D eigenvalue weighted by atomic mass is 35.5. The van der Waals surface area contributed by atoms with E-state index in [-0.39, 0.29) is 6.04 Å². The number of nitrogens with two attached hydrogens (primary N) is 1. The summed E-state index contributed by atoms with van der Waals surface area (Å²) in [7, 11) is 0. The summed E-state index contributed by atoms with van der Waals surface area (Å²) in [6.45, 7) is 1.93. The molecule has 2 nitrogen and oxygen atoms in total. The van der Waals surface area contributed by atoms with Gasteiger partial charge in [0.25, 0.3) is 0 Å². The maximum Gasteiger partial charge on any atom is 0.159 e. The second-order valence-electron chi connectivity index (χ2n) is 4.67. The van der Waals surface area contributed by atoms with Gasteiger partial charge in [0, 0.05) is 5.02 Å². The maximum atomic E-state index is 13.2. The second-order valence-corrected chi connectivity index (χ2v) is 5.11. The summed E-state index contributed by atoms with van der Waals surface area (Å²) in [5, 5.41) is 0.648. The predicted molar refractivity (Wildman–Crippen MR) is 76.3 cm³/mol. The second kappa shape index (κ2) is 6.31. The lowest BCUT2D eigenvalue weighted by atomic mass is 9.96. The van der Waals surface area contributed by atoms with Crippen molar-refractivity contribution in [1.29, 1.82) is 0 Å². The van der Waals surface area contributed by atoms with E-state index >= 15 is 0 Å². The third-order valence-corrected chi connectivity index (χ3v) is 3.47. The molecule has 106 valence electrons. The van der Waals surface area contributed by atoms with Gasteiger partial charge >= 0.3 is 0 Å². The molecule has 2 aromatic rings. The van der Waals surface area contributed by atoms with Crippen LogP contribution in [0.5, 0.6) is 0 Å². The fraction of sp³-hybridized carbons (Fsp3) is 0.200. The molecule has 0 aliphatic heterocycles. The van der Waals surface area contributed by atoms with Crippen LogP contribution < -0.4 is 11.3 Å². The number of aryl methyl sites for hydroxylation is 1. The molecule has 1 atom stereocenters. The lowest BCUT2D eigenvalue weighted by Gasteiger charge is -2.19. The van der Waals surface area contributed by atoms with E-state index < -0.39 is 11.6 Å². The Hall–Kier alpha value is -1.49. The molecule has 2 aromatic carbocycles. The Morgan fingerprint density at radius 1 is 1.15 bits per heavy atom. The van der Waals surface area contributed by atoms with Crippen LogP contribution >= 0.6 is 11.6 Å². The van der Waals surface area contributed by atoms with E-state index in [0.29, 0.717) is 17.0 Å². The highest BCUT2D eigenvalue weighted by Gasteiger charge is 2.14. The van der Waals surface area contributed by atoms with Crippen molar-refractivity contribution in [3.63, 3.8) is 0 Å². The summed E-state index contributed by atoms with van der Waals surface area (Å²) in [6.07, 6.45) is 0.455. The molecule has 20 heavy (non-hydrogen) atoms. The van der Waals surface area contributed by atoms with Crippen molar-refractivity contribution in [2.75, 3.05) is 0 Å². The Labute approximate surface area is 121 Å². The van der Waals surface area contributed by atoms with Crippen LogP contribution in [0.4, 0.5) is 8.78 Å². The molecule has 0 amide bonds. The van der Waals surface area contributed by atoms with Crippen LogP contribution in [0.3, 0.4) is 0 Å². The minimum atomic E-state index is -0.855. The van der Waals surface area contributed by atoms with Gasteiger partial charge in [0.15, 0.2) is 11.6 Å². The minimum absolute atomic E-state index is 0.197. The molecule has 0 aromatic heterocycles. The average molecular weight is 297 g/mol. The van der Waals surface area contributed by atoms with Crippen molar-refractivity contribution in [3.8, 4) is 0 Å². The van der Waals surface area contributed by atoms with E-state index in [1.54, 1.807) is 12.1 Å². The molecule has 0 heterocycles. The average Bonchev–Trinajstić information content (AvgIpc) is 2.41. The topological polar surface area (TPSA) is 38.0 Å². The van der Waals surface area contributed by atoms with Crippen molar-refractivity contribution in [3.05, 3.63) is 69.7 Å². The van der Waals surface area contributed by atoms with Crippen molar-refractivity contribution in [1.82, 2.24) is 5.43 Å². The van der Waals surface area contributed by atoms with E-state index in [1.165, 1.54) is 6.07 Å². The van der Waals surface area contributed by atoms with Crippen LogP contribution in [0.2, 0.25) is 5.02 Å². The summed E-state index contributed by atoms with van der Waals surface area (Å²) in [5.74, 6) is 3.87. The third kappa shape index (κ3) is 3.33. The first-order chi connectivity index (χ1) is 9.51. The molecule has 0 fully saturated rings.